The third-order valence-corrected chi connectivity index (χ3v) is 6.41. The molecule has 2 aliphatic rings. The van der Waals surface area contributed by atoms with E-state index in [2.05, 4.69) is 0 Å². The van der Waals surface area contributed by atoms with E-state index in [4.69, 9.17) is 5.73 Å². The second-order valence-corrected chi connectivity index (χ2v) is 8.33. The zero-order chi connectivity index (χ0) is 21.3. The molecule has 0 spiro atoms. The number of halogens is 3. The third kappa shape index (κ3) is 4.74. The number of rotatable bonds is 6. The monoisotopic (exact) mass is 411 g/mol. The topological polar surface area (TPSA) is 66.6 Å². The zero-order valence-electron chi connectivity index (χ0n) is 16.8. The highest BCUT2D eigenvalue weighted by Gasteiger charge is 2.44. The summed E-state index contributed by atoms with van der Waals surface area (Å²) in [6.07, 6.45) is 3.67. The molecular formula is C21H28F3N3O2. The molecule has 1 aromatic carbocycles. The number of hydrogen-bond acceptors (Lipinski definition) is 3. The van der Waals surface area contributed by atoms with Gasteiger partial charge in [-0.25, -0.2) is 13.2 Å². The lowest BCUT2D eigenvalue weighted by molar-refractivity contribution is -0.137. The highest BCUT2D eigenvalue weighted by Crippen LogP contribution is 2.40. The van der Waals surface area contributed by atoms with Gasteiger partial charge in [-0.05, 0) is 49.7 Å². The predicted molar refractivity (Wildman–Crippen MR) is 102 cm³/mol. The summed E-state index contributed by atoms with van der Waals surface area (Å²) < 4.78 is 40.5. The number of amides is 2. The van der Waals surface area contributed by atoms with Crippen molar-refractivity contribution in [2.75, 3.05) is 13.6 Å². The Hall–Kier alpha value is -2.09. The largest absolute Gasteiger partial charge is 0.345 e. The minimum atomic E-state index is -1.21. The second kappa shape index (κ2) is 8.73. The average molecular weight is 411 g/mol. The van der Waals surface area contributed by atoms with Gasteiger partial charge in [0.15, 0.2) is 11.6 Å². The van der Waals surface area contributed by atoms with Crippen LogP contribution in [0.5, 0.6) is 0 Å². The minimum Gasteiger partial charge on any atom is -0.345 e. The van der Waals surface area contributed by atoms with Crippen molar-refractivity contribution in [1.82, 2.24) is 9.80 Å². The second-order valence-electron chi connectivity index (χ2n) is 8.33. The van der Waals surface area contributed by atoms with Gasteiger partial charge in [0, 0.05) is 51.1 Å². The molecule has 2 bridgehead atoms. The molecule has 0 saturated carbocycles. The average Bonchev–Trinajstić information content (AvgIpc) is 2.93. The minimum absolute atomic E-state index is 0.0456. The number of benzene rings is 1. The lowest BCUT2D eigenvalue weighted by Gasteiger charge is -2.41. The maximum absolute atomic E-state index is 14.0. The number of carbonyl (C=O) groups is 2. The first-order valence-electron chi connectivity index (χ1n) is 10.1. The van der Waals surface area contributed by atoms with Crippen LogP contribution in [0.3, 0.4) is 0 Å². The highest BCUT2D eigenvalue weighted by atomic mass is 19.2. The molecule has 2 aliphatic heterocycles. The Kier molecular flexibility index (Phi) is 6.51. The van der Waals surface area contributed by atoms with Crippen LogP contribution in [0.4, 0.5) is 13.2 Å². The Morgan fingerprint density at radius 2 is 1.72 bits per heavy atom. The molecule has 0 aromatic heterocycles. The van der Waals surface area contributed by atoms with Crippen molar-refractivity contribution in [3.8, 4) is 0 Å². The van der Waals surface area contributed by atoms with Crippen molar-refractivity contribution in [3.63, 3.8) is 0 Å². The van der Waals surface area contributed by atoms with Gasteiger partial charge < -0.3 is 15.5 Å². The molecule has 0 aliphatic carbocycles. The molecule has 5 nitrogen and oxygen atoms in total. The fourth-order valence-corrected chi connectivity index (χ4v) is 4.67. The molecular weight excluding hydrogens is 383 g/mol. The van der Waals surface area contributed by atoms with Crippen LogP contribution in [-0.2, 0) is 16.0 Å². The first-order valence-corrected chi connectivity index (χ1v) is 10.1. The third-order valence-electron chi connectivity index (χ3n) is 6.41. The van der Waals surface area contributed by atoms with Gasteiger partial charge >= 0.3 is 0 Å². The summed E-state index contributed by atoms with van der Waals surface area (Å²) in [4.78, 5) is 27.5. The fourth-order valence-electron chi connectivity index (χ4n) is 4.67. The van der Waals surface area contributed by atoms with Gasteiger partial charge in [0.1, 0.15) is 5.82 Å². The molecule has 0 radical (unpaired) electrons. The van der Waals surface area contributed by atoms with Crippen LogP contribution in [0.25, 0.3) is 0 Å². The molecule has 2 N–H and O–H groups in total. The first-order chi connectivity index (χ1) is 13.7. The molecule has 3 unspecified atom stereocenters. The van der Waals surface area contributed by atoms with Crippen LogP contribution in [0.1, 0.15) is 44.6 Å². The van der Waals surface area contributed by atoms with Gasteiger partial charge in [0.2, 0.25) is 11.8 Å². The van der Waals surface area contributed by atoms with Crippen molar-refractivity contribution in [2.24, 2.45) is 11.7 Å². The number of nitrogens with zero attached hydrogens (tertiary/aromatic N) is 2. The zero-order valence-corrected chi connectivity index (χ0v) is 16.8. The Labute approximate surface area is 169 Å². The highest BCUT2D eigenvalue weighted by molar-refractivity contribution is 5.79. The summed E-state index contributed by atoms with van der Waals surface area (Å²) in [6.45, 7) is 1.86. The number of hydrogen-bond donors (Lipinski definition) is 1. The molecule has 2 fully saturated rings. The molecule has 4 atom stereocenters. The number of nitrogens with two attached hydrogens (primary N) is 1. The van der Waals surface area contributed by atoms with Crippen molar-refractivity contribution in [2.45, 2.75) is 63.6 Å². The summed E-state index contributed by atoms with van der Waals surface area (Å²) in [5.74, 6) is -3.02. The van der Waals surface area contributed by atoms with Crippen molar-refractivity contribution < 1.29 is 22.8 Å². The van der Waals surface area contributed by atoms with E-state index in [0.717, 1.165) is 31.7 Å². The molecule has 3 rings (SSSR count). The summed E-state index contributed by atoms with van der Waals surface area (Å²) in [7, 11) is 1.67. The standard InChI is InChI=1S/C21H28F3N3O2/c1-12(28)26(2)6-5-21(29)27-15-3-4-16(27)8-14(7-15)20(25)10-13-9-18(23)19(24)11-17(13)22/h9,11,14-16,20H,3-8,10,25H2,1-2H3/t14?,15-,16?,20?/m1/s1. The number of fused-ring (bicyclic) bond motifs is 2. The Morgan fingerprint density at radius 3 is 2.31 bits per heavy atom. The Bertz CT molecular complexity index is 775. The van der Waals surface area contributed by atoms with Gasteiger partial charge in [-0.1, -0.05) is 0 Å². The first kappa shape index (κ1) is 21.6. The van der Waals surface area contributed by atoms with E-state index in [1.54, 1.807) is 7.05 Å². The van der Waals surface area contributed by atoms with E-state index in [1.807, 2.05) is 4.90 Å². The maximum Gasteiger partial charge on any atom is 0.224 e. The fraction of sp³-hybridized carbons (Fsp3) is 0.619. The van der Waals surface area contributed by atoms with E-state index in [0.29, 0.717) is 19.0 Å². The molecule has 2 saturated heterocycles. The van der Waals surface area contributed by atoms with E-state index >= 15 is 0 Å². The van der Waals surface area contributed by atoms with Gasteiger partial charge in [0.05, 0.1) is 0 Å². The molecule has 2 amide bonds. The molecule has 8 heteroatoms. The van der Waals surface area contributed by atoms with Gasteiger partial charge in [0.25, 0.3) is 0 Å². The van der Waals surface area contributed by atoms with E-state index in [1.165, 1.54) is 11.8 Å². The number of piperidine rings is 1. The summed E-state index contributed by atoms with van der Waals surface area (Å²) in [5.41, 5.74) is 6.39. The van der Waals surface area contributed by atoms with Gasteiger partial charge in [-0.15, -0.1) is 0 Å². The lowest BCUT2D eigenvalue weighted by Crippen LogP contribution is -2.50. The maximum atomic E-state index is 14.0. The van der Waals surface area contributed by atoms with Crippen LogP contribution in [0, 0.1) is 23.4 Å². The van der Waals surface area contributed by atoms with Gasteiger partial charge in [-0.2, -0.15) is 0 Å². The quantitative estimate of drug-likeness (QED) is 0.732. The van der Waals surface area contributed by atoms with Crippen LogP contribution in [-0.4, -0.2) is 53.3 Å². The normalized spacial score (nSPS) is 24.5. The van der Waals surface area contributed by atoms with Crippen molar-refractivity contribution in [3.05, 3.63) is 35.1 Å². The summed E-state index contributed by atoms with van der Waals surface area (Å²) >= 11 is 0. The van der Waals surface area contributed by atoms with E-state index in [9.17, 15) is 22.8 Å². The SMILES string of the molecule is CC(=O)N(C)CCC(=O)N1C2CC[C@@H]1CC(C(N)Cc1cc(F)c(F)cc1F)C2. The molecule has 2 heterocycles. The van der Waals surface area contributed by atoms with Crippen LogP contribution < -0.4 is 5.73 Å². The van der Waals surface area contributed by atoms with E-state index < -0.39 is 23.5 Å². The summed E-state index contributed by atoms with van der Waals surface area (Å²) in [5, 5.41) is 0. The molecule has 29 heavy (non-hydrogen) atoms. The van der Waals surface area contributed by atoms with Crippen molar-refractivity contribution >= 4 is 11.8 Å². The van der Waals surface area contributed by atoms with Crippen LogP contribution in [0.2, 0.25) is 0 Å². The molecule has 1 aromatic rings. The summed E-state index contributed by atoms with van der Waals surface area (Å²) in [6, 6.07) is 1.23. The number of carbonyl (C=O) groups excluding carboxylic acids is 2. The molecule has 160 valence electrons. The predicted octanol–water partition coefficient (Wildman–Crippen LogP) is 2.61. The van der Waals surface area contributed by atoms with E-state index in [-0.39, 0.29) is 41.8 Å². The Balaban J connectivity index is 1.60. The van der Waals surface area contributed by atoms with Crippen molar-refractivity contribution in [1.29, 1.82) is 0 Å². The lowest BCUT2D eigenvalue weighted by atomic mass is 9.82. The Morgan fingerprint density at radius 1 is 1.14 bits per heavy atom. The van der Waals surface area contributed by atoms with Gasteiger partial charge in [-0.3, -0.25) is 9.59 Å². The van der Waals surface area contributed by atoms with Crippen LogP contribution >= 0.6 is 0 Å². The van der Waals surface area contributed by atoms with Crippen LogP contribution in [0.15, 0.2) is 12.1 Å². The smallest absolute Gasteiger partial charge is 0.224 e.